The van der Waals surface area contributed by atoms with Crippen molar-refractivity contribution in [2.75, 3.05) is 0 Å². The van der Waals surface area contributed by atoms with Gasteiger partial charge in [0.05, 0.1) is 24.7 Å². The van der Waals surface area contributed by atoms with Gasteiger partial charge in [0, 0.05) is 0 Å². The van der Waals surface area contributed by atoms with Crippen molar-refractivity contribution in [1.29, 1.82) is 5.26 Å². The second-order valence-electron chi connectivity index (χ2n) is 3.24. The van der Waals surface area contributed by atoms with Crippen molar-refractivity contribution in [3.8, 4) is 6.07 Å². The normalized spacial score (nSPS) is 9.67. The fourth-order valence-electron chi connectivity index (χ4n) is 1.47. The van der Waals surface area contributed by atoms with Crippen molar-refractivity contribution in [2.24, 2.45) is 0 Å². The molecule has 15 heavy (non-hydrogen) atoms. The predicted octanol–water partition coefficient (Wildman–Crippen LogP) is 0.986. The number of hydrogen-bond acceptors (Lipinski definition) is 3. The van der Waals surface area contributed by atoms with Crippen LogP contribution in [-0.2, 0) is 17.8 Å². The third kappa shape index (κ3) is 2.33. The average Bonchev–Trinajstić information content (AvgIpc) is 2.18. The van der Waals surface area contributed by atoms with Gasteiger partial charge < -0.3 is 10.2 Å². The SMILES string of the molecule is Cc1ccc(CO)c(CC(=O)O)c1C#N. The summed E-state index contributed by atoms with van der Waals surface area (Å²) in [4.78, 5) is 10.6. The van der Waals surface area contributed by atoms with Crippen LogP contribution in [0.2, 0.25) is 0 Å². The minimum atomic E-state index is -1.01. The fraction of sp³-hybridized carbons (Fsp3) is 0.273. The van der Waals surface area contributed by atoms with Gasteiger partial charge in [-0.05, 0) is 23.6 Å². The molecule has 0 radical (unpaired) electrons. The number of nitrogens with zero attached hydrogens (tertiary/aromatic N) is 1. The molecule has 0 aliphatic carbocycles. The molecular weight excluding hydrogens is 194 g/mol. The molecule has 1 aromatic carbocycles. The first-order chi connectivity index (χ1) is 7.10. The molecule has 0 aliphatic rings. The van der Waals surface area contributed by atoms with Gasteiger partial charge in [0.2, 0.25) is 0 Å². The summed E-state index contributed by atoms with van der Waals surface area (Å²) in [6.45, 7) is 1.49. The molecular formula is C11H11NO3. The number of aliphatic hydroxyl groups excluding tert-OH is 1. The highest BCUT2D eigenvalue weighted by molar-refractivity contribution is 5.72. The van der Waals surface area contributed by atoms with Gasteiger partial charge in [-0.25, -0.2) is 0 Å². The lowest BCUT2D eigenvalue weighted by Crippen LogP contribution is -2.07. The Balaban J connectivity index is 3.35. The van der Waals surface area contributed by atoms with Crippen molar-refractivity contribution >= 4 is 5.97 Å². The highest BCUT2D eigenvalue weighted by Gasteiger charge is 2.13. The van der Waals surface area contributed by atoms with E-state index in [-0.39, 0.29) is 13.0 Å². The number of carbonyl (C=O) groups is 1. The molecule has 0 amide bonds. The third-order valence-corrected chi connectivity index (χ3v) is 2.23. The van der Waals surface area contributed by atoms with E-state index in [9.17, 15) is 4.79 Å². The van der Waals surface area contributed by atoms with Gasteiger partial charge >= 0.3 is 5.97 Å². The Kier molecular flexibility index (Phi) is 3.42. The monoisotopic (exact) mass is 205 g/mol. The fourth-order valence-corrected chi connectivity index (χ4v) is 1.47. The van der Waals surface area contributed by atoms with Gasteiger partial charge in [0.1, 0.15) is 0 Å². The molecule has 0 aromatic heterocycles. The summed E-state index contributed by atoms with van der Waals surface area (Å²) in [7, 11) is 0. The van der Waals surface area contributed by atoms with E-state index in [1.807, 2.05) is 6.07 Å². The van der Waals surface area contributed by atoms with Crippen molar-refractivity contribution < 1.29 is 15.0 Å². The zero-order valence-corrected chi connectivity index (χ0v) is 8.32. The molecule has 0 saturated carbocycles. The lowest BCUT2D eigenvalue weighted by Gasteiger charge is -2.09. The van der Waals surface area contributed by atoms with Crippen molar-refractivity contribution in [3.63, 3.8) is 0 Å². The molecule has 0 bridgehead atoms. The Morgan fingerprint density at radius 2 is 2.20 bits per heavy atom. The van der Waals surface area contributed by atoms with E-state index in [0.717, 1.165) is 5.56 Å². The van der Waals surface area contributed by atoms with Gasteiger partial charge in [0.25, 0.3) is 0 Å². The Labute approximate surface area is 87.4 Å². The Hall–Kier alpha value is -1.86. The van der Waals surface area contributed by atoms with Crippen LogP contribution in [0.15, 0.2) is 12.1 Å². The molecule has 4 nitrogen and oxygen atoms in total. The number of carboxylic acid groups (broad SMARTS) is 1. The van der Waals surface area contributed by atoms with E-state index in [1.165, 1.54) is 0 Å². The van der Waals surface area contributed by atoms with Gasteiger partial charge in [-0.1, -0.05) is 12.1 Å². The summed E-state index contributed by atoms with van der Waals surface area (Å²) in [6, 6.07) is 5.32. The van der Waals surface area contributed by atoms with E-state index >= 15 is 0 Å². The summed E-state index contributed by atoms with van der Waals surface area (Å²) in [5.41, 5.74) is 1.99. The number of nitriles is 1. The van der Waals surface area contributed by atoms with Crippen molar-refractivity contribution in [1.82, 2.24) is 0 Å². The molecule has 0 saturated heterocycles. The minimum Gasteiger partial charge on any atom is -0.481 e. The molecule has 78 valence electrons. The van der Waals surface area contributed by atoms with Crippen LogP contribution in [0.25, 0.3) is 0 Å². The maximum Gasteiger partial charge on any atom is 0.307 e. The van der Waals surface area contributed by atoms with E-state index in [2.05, 4.69) is 0 Å². The number of rotatable bonds is 3. The Bertz CT molecular complexity index is 432. The standard InChI is InChI=1S/C11H11NO3/c1-7-2-3-8(6-13)9(4-11(14)15)10(7)5-12/h2-3,13H,4,6H2,1H3,(H,14,15). The van der Waals surface area contributed by atoms with Crippen LogP contribution in [0.1, 0.15) is 22.3 Å². The van der Waals surface area contributed by atoms with Gasteiger partial charge in [-0.2, -0.15) is 5.26 Å². The van der Waals surface area contributed by atoms with Crippen LogP contribution in [0.3, 0.4) is 0 Å². The van der Waals surface area contributed by atoms with E-state index < -0.39 is 5.97 Å². The molecule has 0 spiro atoms. The molecule has 0 aliphatic heterocycles. The molecule has 0 atom stereocenters. The maximum atomic E-state index is 10.6. The highest BCUT2D eigenvalue weighted by Crippen LogP contribution is 2.19. The molecule has 4 heteroatoms. The summed E-state index contributed by atoms with van der Waals surface area (Å²) >= 11 is 0. The molecule has 0 heterocycles. The number of aryl methyl sites for hydroxylation is 1. The van der Waals surface area contributed by atoms with Gasteiger partial charge in [0.15, 0.2) is 0 Å². The highest BCUT2D eigenvalue weighted by atomic mass is 16.4. The van der Waals surface area contributed by atoms with Crippen LogP contribution >= 0.6 is 0 Å². The number of hydrogen-bond donors (Lipinski definition) is 2. The number of aliphatic carboxylic acids is 1. The first kappa shape index (κ1) is 11.2. The lowest BCUT2D eigenvalue weighted by molar-refractivity contribution is -0.136. The first-order valence-electron chi connectivity index (χ1n) is 4.44. The molecule has 0 fully saturated rings. The second-order valence-corrected chi connectivity index (χ2v) is 3.24. The van der Waals surface area contributed by atoms with Crippen LogP contribution in [0, 0.1) is 18.3 Å². The molecule has 1 aromatic rings. The second kappa shape index (κ2) is 4.58. The number of carboxylic acids is 1. The minimum absolute atomic E-state index is 0.236. The van der Waals surface area contributed by atoms with Crippen molar-refractivity contribution in [3.05, 3.63) is 34.4 Å². The number of benzene rings is 1. The lowest BCUT2D eigenvalue weighted by atomic mass is 9.95. The quantitative estimate of drug-likeness (QED) is 0.770. The molecule has 2 N–H and O–H groups in total. The van der Waals surface area contributed by atoms with Gasteiger partial charge in [-0.15, -0.1) is 0 Å². The Morgan fingerprint density at radius 3 is 2.67 bits per heavy atom. The zero-order chi connectivity index (χ0) is 11.4. The van der Waals surface area contributed by atoms with E-state index in [4.69, 9.17) is 15.5 Å². The van der Waals surface area contributed by atoms with Crippen LogP contribution in [0.4, 0.5) is 0 Å². The van der Waals surface area contributed by atoms with E-state index in [1.54, 1.807) is 19.1 Å². The first-order valence-corrected chi connectivity index (χ1v) is 4.44. The average molecular weight is 205 g/mol. The summed E-state index contributed by atoms with van der Waals surface area (Å²) in [5, 5.41) is 26.7. The number of aliphatic hydroxyl groups is 1. The molecule has 1 rings (SSSR count). The van der Waals surface area contributed by atoms with Gasteiger partial charge in [-0.3, -0.25) is 4.79 Å². The van der Waals surface area contributed by atoms with E-state index in [0.29, 0.717) is 16.7 Å². The van der Waals surface area contributed by atoms with Crippen LogP contribution in [-0.4, -0.2) is 16.2 Å². The largest absolute Gasteiger partial charge is 0.481 e. The third-order valence-electron chi connectivity index (χ3n) is 2.23. The Morgan fingerprint density at radius 1 is 1.53 bits per heavy atom. The zero-order valence-electron chi connectivity index (χ0n) is 8.32. The summed E-state index contributed by atoms with van der Waals surface area (Å²) in [6.07, 6.45) is -0.236. The van der Waals surface area contributed by atoms with Crippen LogP contribution < -0.4 is 0 Å². The molecule has 0 unspecified atom stereocenters. The van der Waals surface area contributed by atoms with Crippen molar-refractivity contribution in [2.45, 2.75) is 20.0 Å². The predicted molar refractivity (Wildman–Crippen MR) is 53.2 cm³/mol. The van der Waals surface area contributed by atoms with Crippen LogP contribution in [0.5, 0.6) is 0 Å². The summed E-state index contributed by atoms with van der Waals surface area (Å²) < 4.78 is 0. The topological polar surface area (TPSA) is 81.3 Å². The summed E-state index contributed by atoms with van der Waals surface area (Å²) in [5.74, 6) is -1.01. The smallest absolute Gasteiger partial charge is 0.307 e. The maximum absolute atomic E-state index is 10.6.